The highest BCUT2D eigenvalue weighted by Gasteiger charge is 2.23. The number of ether oxygens (including phenoxy) is 1. The number of nitrogens with one attached hydrogen (secondary N) is 1. The highest BCUT2D eigenvalue weighted by molar-refractivity contribution is 5.93. The van der Waals surface area contributed by atoms with Gasteiger partial charge in [-0.2, -0.15) is 5.10 Å². The first-order chi connectivity index (χ1) is 12.2. The summed E-state index contributed by atoms with van der Waals surface area (Å²) in [4.78, 5) is 17.3. The van der Waals surface area contributed by atoms with Gasteiger partial charge < -0.3 is 14.6 Å². The molecule has 7 nitrogen and oxygen atoms in total. The average Bonchev–Trinajstić information content (AvgIpc) is 3.33. The molecule has 1 amide bonds. The van der Waals surface area contributed by atoms with Crippen molar-refractivity contribution in [3.05, 3.63) is 18.2 Å². The van der Waals surface area contributed by atoms with E-state index in [-0.39, 0.29) is 5.91 Å². The lowest BCUT2D eigenvalue weighted by molar-refractivity contribution is -0.116. The molecule has 0 spiro atoms. The minimum absolute atomic E-state index is 0.0605. The van der Waals surface area contributed by atoms with Crippen LogP contribution in [0.1, 0.15) is 37.9 Å². The predicted octanol–water partition coefficient (Wildman–Crippen LogP) is 2.38. The number of fused-ring (bicyclic) bond motifs is 1. The molecule has 0 aromatic carbocycles. The lowest BCUT2D eigenvalue weighted by atomic mass is 10.0. The van der Waals surface area contributed by atoms with Crippen LogP contribution in [0.5, 0.6) is 0 Å². The van der Waals surface area contributed by atoms with E-state index in [1.807, 2.05) is 13.2 Å². The number of rotatable bonds is 5. The van der Waals surface area contributed by atoms with E-state index in [0.29, 0.717) is 12.3 Å². The Morgan fingerprint density at radius 3 is 3.12 bits per heavy atom. The monoisotopic (exact) mass is 343 g/mol. The van der Waals surface area contributed by atoms with Crippen LogP contribution in [0.2, 0.25) is 0 Å². The van der Waals surface area contributed by atoms with E-state index in [0.717, 1.165) is 74.8 Å². The number of aromatic nitrogens is 4. The van der Waals surface area contributed by atoms with Crippen molar-refractivity contribution in [2.75, 3.05) is 18.5 Å². The van der Waals surface area contributed by atoms with Gasteiger partial charge in [0.15, 0.2) is 0 Å². The predicted molar refractivity (Wildman–Crippen MR) is 94.2 cm³/mol. The molecule has 4 heterocycles. The second-order valence-electron chi connectivity index (χ2n) is 7.05. The molecule has 1 unspecified atom stereocenters. The van der Waals surface area contributed by atoms with E-state index in [1.165, 1.54) is 0 Å². The molecule has 2 aromatic heterocycles. The fourth-order valence-corrected chi connectivity index (χ4v) is 3.70. The van der Waals surface area contributed by atoms with Gasteiger partial charge >= 0.3 is 0 Å². The number of nitrogens with zero attached hydrogens (tertiary/aromatic N) is 4. The van der Waals surface area contributed by atoms with Crippen LogP contribution in [-0.4, -0.2) is 38.5 Å². The van der Waals surface area contributed by atoms with Crippen LogP contribution in [0.3, 0.4) is 0 Å². The van der Waals surface area contributed by atoms with Crippen molar-refractivity contribution in [2.45, 2.75) is 45.1 Å². The van der Waals surface area contributed by atoms with E-state index in [1.54, 1.807) is 10.9 Å². The van der Waals surface area contributed by atoms with Gasteiger partial charge in [0.1, 0.15) is 17.3 Å². The Hall–Kier alpha value is -2.15. The molecule has 0 saturated carbocycles. The zero-order valence-electron chi connectivity index (χ0n) is 14.7. The summed E-state index contributed by atoms with van der Waals surface area (Å²) < 4.78 is 9.33. The van der Waals surface area contributed by atoms with Gasteiger partial charge in [-0.3, -0.25) is 9.48 Å². The molecular formula is C18H25N5O2. The minimum atomic E-state index is 0.0605. The van der Waals surface area contributed by atoms with Crippen molar-refractivity contribution < 1.29 is 9.53 Å². The summed E-state index contributed by atoms with van der Waals surface area (Å²) in [6.07, 6.45) is 9.46. The van der Waals surface area contributed by atoms with Crippen molar-refractivity contribution >= 4 is 11.7 Å². The molecule has 0 radical (unpaired) electrons. The van der Waals surface area contributed by atoms with E-state index in [2.05, 4.69) is 15.0 Å². The summed E-state index contributed by atoms with van der Waals surface area (Å²) in [6.45, 7) is 2.53. The summed E-state index contributed by atoms with van der Waals surface area (Å²) in [5.41, 5.74) is 1.78. The van der Waals surface area contributed by atoms with Gasteiger partial charge in [0.2, 0.25) is 5.91 Å². The molecule has 1 saturated heterocycles. The quantitative estimate of drug-likeness (QED) is 0.904. The smallest absolute Gasteiger partial charge is 0.225 e. The van der Waals surface area contributed by atoms with Crippen molar-refractivity contribution in [1.29, 1.82) is 0 Å². The van der Waals surface area contributed by atoms with Gasteiger partial charge in [0.25, 0.3) is 0 Å². The van der Waals surface area contributed by atoms with E-state index in [9.17, 15) is 4.79 Å². The molecule has 2 aliphatic rings. The Morgan fingerprint density at radius 1 is 1.44 bits per heavy atom. The van der Waals surface area contributed by atoms with E-state index < -0.39 is 0 Å². The van der Waals surface area contributed by atoms with Crippen molar-refractivity contribution in [2.24, 2.45) is 13.0 Å². The van der Waals surface area contributed by atoms with Crippen LogP contribution >= 0.6 is 0 Å². The molecule has 1 N–H and O–H groups in total. The third-order valence-electron chi connectivity index (χ3n) is 5.12. The summed E-state index contributed by atoms with van der Waals surface area (Å²) >= 11 is 0. The second kappa shape index (κ2) is 7.00. The molecule has 134 valence electrons. The Balaban J connectivity index is 1.54. The number of hydrogen-bond donors (Lipinski definition) is 1. The van der Waals surface area contributed by atoms with Gasteiger partial charge in [0.05, 0.1) is 6.20 Å². The first kappa shape index (κ1) is 16.3. The second-order valence-corrected chi connectivity index (χ2v) is 7.05. The molecule has 0 aliphatic carbocycles. The van der Waals surface area contributed by atoms with Crippen molar-refractivity contribution in [1.82, 2.24) is 19.3 Å². The van der Waals surface area contributed by atoms with Crippen molar-refractivity contribution in [3.8, 4) is 11.3 Å². The number of anilines is 1. The number of amides is 1. The molecular weight excluding hydrogens is 318 g/mol. The van der Waals surface area contributed by atoms with Crippen LogP contribution in [-0.2, 0) is 29.5 Å². The van der Waals surface area contributed by atoms with Crippen LogP contribution in [0, 0.1) is 5.92 Å². The summed E-state index contributed by atoms with van der Waals surface area (Å²) in [5, 5.41) is 7.38. The average molecular weight is 343 g/mol. The number of hydrogen-bond acceptors (Lipinski definition) is 4. The third-order valence-corrected chi connectivity index (χ3v) is 5.12. The highest BCUT2D eigenvalue weighted by Crippen LogP contribution is 2.31. The molecule has 4 rings (SSSR count). The summed E-state index contributed by atoms with van der Waals surface area (Å²) in [6, 6.07) is 0. The standard InChI is InChI=1S/C18H25N5O2/c1-22-11-14(10-19-22)17-18(23-8-3-2-4-15(23)20-17)21-16(24)6-5-13-7-9-25-12-13/h10-11,13H,2-9,12H2,1H3,(H,21,24). The number of carbonyl (C=O) groups is 1. The topological polar surface area (TPSA) is 74.0 Å². The Labute approximate surface area is 147 Å². The van der Waals surface area contributed by atoms with E-state index in [4.69, 9.17) is 9.72 Å². The minimum Gasteiger partial charge on any atom is -0.381 e. The maximum Gasteiger partial charge on any atom is 0.225 e. The largest absolute Gasteiger partial charge is 0.381 e. The number of carbonyl (C=O) groups excluding carboxylic acids is 1. The number of aryl methyl sites for hydroxylation is 2. The van der Waals surface area contributed by atoms with Gasteiger partial charge in [0, 0.05) is 51.4 Å². The Kier molecular flexibility index (Phi) is 4.57. The lowest BCUT2D eigenvalue weighted by Gasteiger charge is -2.17. The van der Waals surface area contributed by atoms with Gasteiger partial charge in [-0.1, -0.05) is 0 Å². The third kappa shape index (κ3) is 3.46. The first-order valence-corrected chi connectivity index (χ1v) is 9.16. The molecule has 7 heteroatoms. The van der Waals surface area contributed by atoms with Crippen LogP contribution < -0.4 is 5.32 Å². The maximum absolute atomic E-state index is 12.5. The Morgan fingerprint density at radius 2 is 2.36 bits per heavy atom. The SMILES string of the molecule is Cn1cc(-c2nc3n(c2NC(=O)CCC2CCOC2)CCCC3)cn1. The van der Waals surface area contributed by atoms with E-state index >= 15 is 0 Å². The van der Waals surface area contributed by atoms with Crippen molar-refractivity contribution in [3.63, 3.8) is 0 Å². The molecule has 2 aromatic rings. The van der Waals surface area contributed by atoms with Crippen LogP contribution in [0.25, 0.3) is 11.3 Å². The zero-order valence-corrected chi connectivity index (χ0v) is 14.7. The normalized spacial score (nSPS) is 19.8. The zero-order chi connectivity index (χ0) is 17.2. The fourth-order valence-electron chi connectivity index (χ4n) is 3.70. The maximum atomic E-state index is 12.5. The van der Waals surface area contributed by atoms with Crippen LogP contribution in [0.4, 0.5) is 5.82 Å². The highest BCUT2D eigenvalue weighted by atomic mass is 16.5. The van der Waals surface area contributed by atoms with Gasteiger partial charge in [-0.15, -0.1) is 0 Å². The number of imidazole rings is 1. The first-order valence-electron chi connectivity index (χ1n) is 9.16. The fraction of sp³-hybridized carbons (Fsp3) is 0.611. The lowest BCUT2D eigenvalue weighted by Crippen LogP contribution is -2.19. The molecule has 0 bridgehead atoms. The van der Waals surface area contributed by atoms with Gasteiger partial charge in [-0.25, -0.2) is 4.98 Å². The van der Waals surface area contributed by atoms with Crippen LogP contribution in [0.15, 0.2) is 12.4 Å². The Bertz CT molecular complexity index is 758. The van der Waals surface area contributed by atoms with Gasteiger partial charge in [-0.05, 0) is 31.6 Å². The molecule has 2 aliphatic heterocycles. The summed E-state index contributed by atoms with van der Waals surface area (Å²) in [7, 11) is 1.89. The molecule has 25 heavy (non-hydrogen) atoms. The molecule has 1 atom stereocenters. The molecule has 1 fully saturated rings. The summed E-state index contributed by atoms with van der Waals surface area (Å²) in [5.74, 6) is 2.47.